The molecule has 0 radical (unpaired) electrons. The molecular formula is C29H18O. The van der Waals surface area contributed by atoms with Crippen molar-refractivity contribution in [1.29, 1.82) is 0 Å². The average molecular weight is 382 g/mol. The largest absolute Gasteiger partial charge is 0.289 e. The van der Waals surface area contributed by atoms with Gasteiger partial charge in [-0.1, -0.05) is 97.1 Å². The highest BCUT2D eigenvalue weighted by Gasteiger charge is 2.13. The maximum Gasteiger partial charge on any atom is 0.186 e. The third-order valence-corrected chi connectivity index (χ3v) is 6.03. The number of hydrogen-bond acceptors (Lipinski definition) is 1. The first kappa shape index (κ1) is 16.9. The lowest BCUT2D eigenvalue weighted by atomic mass is 9.91. The van der Waals surface area contributed by atoms with Crippen molar-refractivity contribution in [2.45, 2.75) is 0 Å². The number of hydrogen-bond donors (Lipinski definition) is 0. The fraction of sp³-hybridized carbons (Fsp3) is 0. The van der Waals surface area contributed by atoms with Gasteiger partial charge in [-0.2, -0.15) is 0 Å². The lowest BCUT2D eigenvalue weighted by molar-refractivity contribution is 0.104. The van der Waals surface area contributed by atoms with E-state index in [2.05, 4.69) is 72.8 Å². The summed E-state index contributed by atoms with van der Waals surface area (Å²) in [5.74, 6) is 0.0286. The highest BCUT2D eigenvalue weighted by Crippen LogP contribution is 2.36. The topological polar surface area (TPSA) is 17.1 Å². The predicted molar refractivity (Wildman–Crippen MR) is 127 cm³/mol. The van der Waals surface area contributed by atoms with Crippen molar-refractivity contribution in [2.75, 3.05) is 0 Å². The SMILES string of the molecule is O=C(/C=C/c1cccc2ccccc12)c1ccc2ccc3cccc4ccc1c2c34. The second-order valence-electron chi connectivity index (χ2n) is 7.74. The van der Waals surface area contributed by atoms with Gasteiger partial charge in [0, 0.05) is 5.56 Å². The number of carbonyl (C=O) groups excluding carboxylic acids is 1. The van der Waals surface area contributed by atoms with Crippen molar-refractivity contribution in [2.24, 2.45) is 0 Å². The Morgan fingerprint density at radius 1 is 0.533 bits per heavy atom. The van der Waals surface area contributed by atoms with Crippen LogP contribution in [-0.4, -0.2) is 5.78 Å². The van der Waals surface area contributed by atoms with Crippen LogP contribution in [0.25, 0.3) is 49.2 Å². The Hall–Kier alpha value is -3.97. The Bertz CT molecular complexity index is 1580. The number of rotatable bonds is 3. The van der Waals surface area contributed by atoms with Crippen LogP contribution < -0.4 is 0 Å². The average Bonchev–Trinajstić information content (AvgIpc) is 2.81. The molecule has 0 aromatic heterocycles. The highest BCUT2D eigenvalue weighted by atomic mass is 16.1. The number of fused-ring (bicyclic) bond motifs is 1. The van der Waals surface area contributed by atoms with E-state index in [1.165, 1.54) is 32.3 Å². The molecule has 0 unspecified atom stereocenters. The quantitative estimate of drug-likeness (QED) is 0.175. The molecular weight excluding hydrogens is 364 g/mol. The van der Waals surface area contributed by atoms with E-state index in [1.54, 1.807) is 6.08 Å². The maximum atomic E-state index is 13.2. The second kappa shape index (κ2) is 6.53. The van der Waals surface area contributed by atoms with Crippen molar-refractivity contribution in [3.63, 3.8) is 0 Å². The first-order chi connectivity index (χ1) is 14.8. The van der Waals surface area contributed by atoms with Crippen LogP contribution in [0.3, 0.4) is 0 Å². The molecule has 1 heteroatoms. The molecule has 0 N–H and O–H groups in total. The molecule has 0 saturated heterocycles. The third-order valence-electron chi connectivity index (χ3n) is 6.03. The summed E-state index contributed by atoms with van der Waals surface area (Å²) in [6, 6.07) is 33.3. The molecule has 6 aromatic rings. The molecule has 0 saturated carbocycles. The fourth-order valence-corrected chi connectivity index (χ4v) is 4.60. The zero-order valence-electron chi connectivity index (χ0n) is 16.3. The van der Waals surface area contributed by atoms with E-state index in [-0.39, 0.29) is 5.78 Å². The molecule has 6 aromatic carbocycles. The molecule has 0 fully saturated rings. The normalized spacial score (nSPS) is 12.0. The van der Waals surface area contributed by atoms with Crippen molar-refractivity contribution in [3.8, 4) is 0 Å². The van der Waals surface area contributed by atoms with Crippen LogP contribution in [0.5, 0.6) is 0 Å². The van der Waals surface area contributed by atoms with E-state index in [4.69, 9.17) is 0 Å². The van der Waals surface area contributed by atoms with E-state index in [9.17, 15) is 4.79 Å². The second-order valence-corrected chi connectivity index (χ2v) is 7.74. The minimum absolute atomic E-state index is 0.0286. The maximum absolute atomic E-state index is 13.2. The Morgan fingerprint density at radius 3 is 2.03 bits per heavy atom. The van der Waals surface area contributed by atoms with Crippen LogP contribution in [0.1, 0.15) is 15.9 Å². The van der Waals surface area contributed by atoms with Gasteiger partial charge < -0.3 is 0 Å². The lowest BCUT2D eigenvalue weighted by Crippen LogP contribution is -1.97. The van der Waals surface area contributed by atoms with Crippen LogP contribution in [0.15, 0.2) is 103 Å². The Morgan fingerprint density at radius 2 is 1.17 bits per heavy atom. The van der Waals surface area contributed by atoms with Gasteiger partial charge >= 0.3 is 0 Å². The number of benzene rings is 6. The van der Waals surface area contributed by atoms with Crippen LogP contribution in [0, 0.1) is 0 Å². The molecule has 0 aliphatic heterocycles. The van der Waals surface area contributed by atoms with Gasteiger partial charge in [-0.05, 0) is 60.8 Å². The summed E-state index contributed by atoms with van der Waals surface area (Å²) in [6.45, 7) is 0. The van der Waals surface area contributed by atoms with E-state index in [0.29, 0.717) is 0 Å². The molecule has 0 heterocycles. The molecule has 140 valence electrons. The minimum atomic E-state index is 0.0286. The Kier molecular flexibility index (Phi) is 3.69. The predicted octanol–water partition coefficient (Wildman–Crippen LogP) is 7.63. The zero-order valence-corrected chi connectivity index (χ0v) is 16.3. The van der Waals surface area contributed by atoms with Crippen molar-refractivity contribution in [3.05, 3.63) is 114 Å². The molecule has 0 amide bonds. The summed E-state index contributed by atoms with van der Waals surface area (Å²) in [6.07, 6.45) is 3.64. The molecule has 0 atom stereocenters. The van der Waals surface area contributed by atoms with E-state index in [0.717, 1.165) is 21.9 Å². The van der Waals surface area contributed by atoms with Crippen molar-refractivity contribution in [1.82, 2.24) is 0 Å². The number of carbonyl (C=O) groups is 1. The van der Waals surface area contributed by atoms with Gasteiger partial charge in [-0.3, -0.25) is 4.79 Å². The summed E-state index contributed by atoms with van der Waals surface area (Å²) < 4.78 is 0. The summed E-state index contributed by atoms with van der Waals surface area (Å²) >= 11 is 0. The number of allylic oxidation sites excluding steroid dienone is 1. The number of ketones is 1. The molecule has 0 bridgehead atoms. The smallest absolute Gasteiger partial charge is 0.186 e. The zero-order chi connectivity index (χ0) is 20.1. The van der Waals surface area contributed by atoms with E-state index in [1.807, 2.05) is 30.3 Å². The Balaban J connectivity index is 1.51. The van der Waals surface area contributed by atoms with E-state index >= 15 is 0 Å². The molecule has 1 nitrogen and oxygen atoms in total. The van der Waals surface area contributed by atoms with Gasteiger partial charge in [0.2, 0.25) is 0 Å². The summed E-state index contributed by atoms with van der Waals surface area (Å²) in [4.78, 5) is 13.2. The van der Waals surface area contributed by atoms with Gasteiger partial charge in [0.1, 0.15) is 0 Å². The van der Waals surface area contributed by atoms with Crippen molar-refractivity contribution < 1.29 is 4.79 Å². The Labute approximate surface area is 174 Å². The molecule has 0 aliphatic rings. The first-order valence-corrected chi connectivity index (χ1v) is 10.2. The van der Waals surface area contributed by atoms with Gasteiger partial charge in [0.25, 0.3) is 0 Å². The standard InChI is InChI=1S/C29H18O/c30-27(18-15-20-7-3-6-19-5-1-2-10-24(19)20)25-16-13-23-12-11-21-8-4-9-22-14-17-26(25)29(23)28(21)22/h1-18H/b18-15+. The molecule has 0 aliphatic carbocycles. The first-order valence-electron chi connectivity index (χ1n) is 10.2. The summed E-state index contributed by atoms with van der Waals surface area (Å²) in [5, 5.41) is 9.35. The van der Waals surface area contributed by atoms with Crippen LogP contribution >= 0.6 is 0 Å². The van der Waals surface area contributed by atoms with Gasteiger partial charge in [0.15, 0.2) is 5.78 Å². The van der Waals surface area contributed by atoms with Crippen LogP contribution in [0.2, 0.25) is 0 Å². The minimum Gasteiger partial charge on any atom is -0.289 e. The van der Waals surface area contributed by atoms with Gasteiger partial charge in [-0.15, -0.1) is 0 Å². The third kappa shape index (κ3) is 2.53. The molecule has 0 spiro atoms. The van der Waals surface area contributed by atoms with E-state index < -0.39 is 0 Å². The van der Waals surface area contributed by atoms with Gasteiger partial charge in [-0.25, -0.2) is 0 Å². The van der Waals surface area contributed by atoms with Crippen LogP contribution in [0.4, 0.5) is 0 Å². The van der Waals surface area contributed by atoms with Crippen molar-refractivity contribution >= 4 is 54.9 Å². The lowest BCUT2D eigenvalue weighted by Gasteiger charge is -2.12. The molecule has 30 heavy (non-hydrogen) atoms. The fourth-order valence-electron chi connectivity index (χ4n) is 4.60. The molecule has 6 rings (SSSR count). The summed E-state index contributed by atoms with van der Waals surface area (Å²) in [5.41, 5.74) is 1.80. The van der Waals surface area contributed by atoms with Gasteiger partial charge in [0.05, 0.1) is 0 Å². The monoisotopic (exact) mass is 382 g/mol. The van der Waals surface area contributed by atoms with Crippen LogP contribution in [-0.2, 0) is 0 Å². The highest BCUT2D eigenvalue weighted by molar-refractivity contribution is 6.27. The summed E-state index contributed by atoms with van der Waals surface area (Å²) in [7, 11) is 0.